The molecule has 2 aliphatic rings. The second-order valence-electron chi connectivity index (χ2n) is 9.16. The Hall–Kier alpha value is -2.96. The van der Waals surface area contributed by atoms with E-state index in [2.05, 4.69) is 57.0 Å². The highest BCUT2D eigenvalue weighted by Gasteiger charge is 2.35. The predicted octanol–water partition coefficient (Wildman–Crippen LogP) is 5.58. The first-order chi connectivity index (χ1) is 15.5. The van der Waals surface area contributed by atoms with E-state index in [1.54, 1.807) is 30.3 Å². The van der Waals surface area contributed by atoms with Crippen LogP contribution in [0, 0.1) is 0 Å². The normalized spacial score (nSPS) is 19.1. The number of nitrogens with one attached hydrogen (secondary N) is 1. The number of hydrogen-bond acceptors (Lipinski definition) is 4. The van der Waals surface area contributed by atoms with Crippen molar-refractivity contribution in [2.75, 3.05) is 9.80 Å². The van der Waals surface area contributed by atoms with Crippen molar-refractivity contribution in [2.24, 2.45) is 0 Å². The third-order valence-electron chi connectivity index (χ3n) is 5.89. The molecule has 0 spiro atoms. The molecule has 1 fully saturated rings. The summed E-state index contributed by atoms with van der Waals surface area (Å²) in [7, 11) is 0. The van der Waals surface area contributed by atoms with Crippen molar-refractivity contribution in [1.82, 2.24) is 5.32 Å². The number of amides is 2. The molecule has 2 aromatic rings. The number of allylic oxidation sites excluding steroid dienone is 1. The molecule has 0 bridgehead atoms. The van der Waals surface area contributed by atoms with Gasteiger partial charge in [0, 0.05) is 22.3 Å². The van der Waals surface area contributed by atoms with E-state index in [1.165, 1.54) is 4.90 Å². The molecule has 0 unspecified atom stereocenters. The summed E-state index contributed by atoms with van der Waals surface area (Å²) in [5, 5.41) is 3.12. The zero-order chi connectivity index (χ0) is 24.1. The predicted molar refractivity (Wildman–Crippen MR) is 139 cm³/mol. The van der Waals surface area contributed by atoms with E-state index in [1.807, 2.05) is 12.1 Å². The van der Waals surface area contributed by atoms with Gasteiger partial charge in [-0.2, -0.15) is 0 Å². The van der Waals surface area contributed by atoms with E-state index in [0.717, 1.165) is 22.4 Å². The third kappa shape index (κ3) is 4.21. The minimum atomic E-state index is -0.516. The van der Waals surface area contributed by atoms with Crippen LogP contribution in [-0.4, -0.2) is 28.5 Å². The van der Waals surface area contributed by atoms with Gasteiger partial charge >= 0.3 is 0 Å². The van der Waals surface area contributed by atoms with Gasteiger partial charge in [-0.3, -0.25) is 19.8 Å². The molecule has 0 atom stereocenters. The van der Waals surface area contributed by atoms with Crippen LogP contribution in [0.25, 0.3) is 11.6 Å². The number of benzene rings is 2. The first-order valence-corrected chi connectivity index (χ1v) is 11.6. The molecule has 170 valence electrons. The smallest absolute Gasteiger partial charge is 0.270 e. The van der Waals surface area contributed by atoms with E-state index in [4.69, 9.17) is 23.8 Å². The first-order valence-electron chi connectivity index (χ1n) is 10.8. The lowest BCUT2D eigenvalue weighted by atomic mass is 9.86. The Bertz CT molecular complexity index is 1250. The Kier molecular flexibility index (Phi) is 5.93. The van der Waals surface area contributed by atoms with Crippen LogP contribution >= 0.6 is 23.8 Å². The largest absolute Gasteiger partial charge is 0.360 e. The summed E-state index contributed by atoms with van der Waals surface area (Å²) in [5.74, 6) is -1.00. The van der Waals surface area contributed by atoms with Crippen LogP contribution < -0.4 is 15.1 Å². The van der Waals surface area contributed by atoms with Crippen molar-refractivity contribution in [3.63, 3.8) is 0 Å². The van der Waals surface area contributed by atoms with Crippen LogP contribution in [0.4, 0.5) is 11.4 Å². The number of hydrogen-bond donors (Lipinski definition) is 1. The molecular weight excluding hydrogens is 454 g/mol. The minimum Gasteiger partial charge on any atom is -0.360 e. The van der Waals surface area contributed by atoms with Gasteiger partial charge in [0.15, 0.2) is 5.11 Å². The van der Waals surface area contributed by atoms with Gasteiger partial charge in [-0.05, 0) is 94.4 Å². The number of thiocarbonyl (C=S) groups is 1. The SMILES string of the molecule is CC1=CC(C)(C)N(C(C)C)c2ccc(/C=C3\C(=O)NC(=S)N(c4cccc(Cl)c4)C3=O)cc21. The lowest BCUT2D eigenvalue weighted by molar-refractivity contribution is -0.122. The average Bonchev–Trinajstić information content (AvgIpc) is 2.70. The summed E-state index contributed by atoms with van der Waals surface area (Å²) >= 11 is 11.4. The Morgan fingerprint density at radius 3 is 2.52 bits per heavy atom. The summed E-state index contributed by atoms with van der Waals surface area (Å²) in [6.07, 6.45) is 3.87. The maximum atomic E-state index is 13.3. The number of anilines is 2. The molecule has 5 nitrogen and oxygen atoms in total. The van der Waals surface area contributed by atoms with E-state index < -0.39 is 11.8 Å². The fourth-order valence-corrected chi connectivity index (χ4v) is 5.24. The lowest BCUT2D eigenvalue weighted by Gasteiger charge is -2.46. The zero-order valence-electron chi connectivity index (χ0n) is 19.3. The molecule has 2 amide bonds. The molecule has 2 heterocycles. The molecule has 1 saturated heterocycles. The summed E-state index contributed by atoms with van der Waals surface area (Å²) in [6.45, 7) is 10.8. The number of fused-ring (bicyclic) bond motifs is 1. The van der Waals surface area contributed by atoms with E-state index in [-0.39, 0.29) is 16.2 Å². The van der Waals surface area contributed by atoms with Crippen LogP contribution in [0.15, 0.2) is 54.1 Å². The second-order valence-corrected chi connectivity index (χ2v) is 9.98. The first kappa shape index (κ1) is 23.2. The maximum Gasteiger partial charge on any atom is 0.270 e. The Morgan fingerprint density at radius 2 is 1.85 bits per heavy atom. The molecule has 2 aromatic carbocycles. The summed E-state index contributed by atoms with van der Waals surface area (Å²) < 4.78 is 0. The van der Waals surface area contributed by atoms with Crippen molar-refractivity contribution in [3.05, 3.63) is 70.3 Å². The van der Waals surface area contributed by atoms with Crippen LogP contribution in [0.3, 0.4) is 0 Å². The van der Waals surface area contributed by atoms with Gasteiger partial charge in [0.05, 0.1) is 11.2 Å². The molecule has 1 N–H and O–H groups in total. The van der Waals surface area contributed by atoms with Gasteiger partial charge in [-0.1, -0.05) is 29.8 Å². The van der Waals surface area contributed by atoms with Gasteiger partial charge < -0.3 is 4.90 Å². The van der Waals surface area contributed by atoms with Gasteiger partial charge in [-0.25, -0.2) is 0 Å². The Labute approximate surface area is 204 Å². The molecule has 0 radical (unpaired) electrons. The van der Waals surface area contributed by atoms with E-state index in [0.29, 0.717) is 16.8 Å². The summed E-state index contributed by atoms with van der Waals surface area (Å²) in [6, 6.07) is 13.1. The van der Waals surface area contributed by atoms with Crippen LogP contribution in [0.5, 0.6) is 0 Å². The molecule has 0 saturated carbocycles. The van der Waals surface area contributed by atoms with Crippen LogP contribution in [-0.2, 0) is 9.59 Å². The fraction of sp³-hybridized carbons (Fsp3) is 0.269. The number of carbonyl (C=O) groups is 2. The van der Waals surface area contributed by atoms with Crippen molar-refractivity contribution >= 4 is 63.8 Å². The van der Waals surface area contributed by atoms with Crippen LogP contribution in [0.2, 0.25) is 5.02 Å². The molecule has 33 heavy (non-hydrogen) atoms. The highest BCUT2D eigenvalue weighted by molar-refractivity contribution is 7.80. The topological polar surface area (TPSA) is 52.7 Å². The molecule has 2 aliphatic heterocycles. The number of carbonyl (C=O) groups excluding carboxylic acids is 2. The Balaban J connectivity index is 1.76. The van der Waals surface area contributed by atoms with Crippen molar-refractivity contribution < 1.29 is 9.59 Å². The van der Waals surface area contributed by atoms with Gasteiger partial charge in [0.25, 0.3) is 11.8 Å². The zero-order valence-corrected chi connectivity index (χ0v) is 20.8. The highest BCUT2D eigenvalue weighted by Crippen LogP contribution is 2.40. The third-order valence-corrected chi connectivity index (χ3v) is 6.41. The quantitative estimate of drug-likeness (QED) is 0.354. The van der Waals surface area contributed by atoms with E-state index in [9.17, 15) is 9.59 Å². The minimum absolute atomic E-state index is 0.0158. The van der Waals surface area contributed by atoms with Crippen molar-refractivity contribution in [2.45, 2.75) is 46.2 Å². The van der Waals surface area contributed by atoms with Crippen LogP contribution in [0.1, 0.15) is 45.7 Å². The molecule has 4 rings (SSSR count). The fourth-order valence-electron chi connectivity index (χ4n) is 4.77. The number of halogens is 1. The van der Waals surface area contributed by atoms with Gasteiger partial charge in [0.2, 0.25) is 0 Å². The number of nitrogens with zero attached hydrogens (tertiary/aromatic N) is 2. The molecular formula is C26H26ClN3O2S. The number of rotatable bonds is 3. The standard InChI is InChI=1S/C26H26ClN3O2S/c1-15(2)30-22-10-9-17(11-20(22)16(3)14-26(30,4)5)12-21-23(31)28-25(33)29(24(21)32)19-8-6-7-18(27)13-19/h6-15H,1-5H3,(H,28,31,33)/b21-12+. The van der Waals surface area contributed by atoms with E-state index >= 15 is 0 Å². The summed E-state index contributed by atoms with van der Waals surface area (Å²) in [4.78, 5) is 29.6. The second kappa shape index (κ2) is 8.43. The maximum absolute atomic E-state index is 13.3. The average molecular weight is 480 g/mol. The van der Waals surface area contributed by atoms with Gasteiger partial charge in [0.1, 0.15) is 5.57 Å². The summed E-state index contributed by atoms with van der Waals surface area (Å²) in [5.41, 5.74) is 4.55. The monoisotopic (exact) mass is 479 g/mol. The van der Waals surface area contributed by atoms with Crippen molar-refractivity contribution in [1.29, 1.82) is 0 Å². The Morgan fingerprint density at radius 1 is 1.12 bits per heavy atom. The molecule has 7 heteroatoms. The lowest BCUT2D eigenvalue weighted by Crippen LogP contribution is -2.54. The van der Waals surface area contributed by atoms with Crippen molar-refractivity contribution in [3.8, 4) is 0 Å². The highest BCUT2D eigenvalue weighted by atomic mass is 35.5. The molecule has 0 aliphatic carbocycles. The van der Waals surface area contributed by atoms with Gasteiger partial charge in [-0.15, -0.1) is 0 Å². The molecule has 0 aromatic heterocycles.